The van der Waals surface area contributed by atoms with Crippen molar-refractivity contribution in [3.8, 4) is 22.3 Å². The van der Waals surface area contributed by atoms with Crippen LogP contribution < -0.4 is 0 Å². The van der Waals surface area contributed by atoms with E-state index in [1.165, 1.54) is 96.7 Å². The summed E-state index contributed by atoms with van der Waals surface area (Å²) in [5, 5.41) is 5.51. The van der Waals surface area contributed by atoms with E-state index in [2.05, 4.69) is 148 Å². The first kappa shape index (κ1) is 32.5. The summed E-state index contributed by atoms with van der Waals surface area (Å²) in [5.74, 6) is 0.686. The number of rotatable bonds is 3. The summed E-state index contributed by atoms with van der Waals surface area (Å²) in [5.41, 5.74) is 9.47. The second kappa shape index (κ2) is 15.2. The fraction of sp³-hybridized carbons (Fsp3) is 0.128. The van der Waals surface area contributed by atoms with Gasteiger partial charge in [0.2, 0.25) is 0 Å². The molecule has 7 rings (SSSR count). The number of aryl methyl sites for hydroxylation is 2. The molecule has 0 bridgehead atoms. The van der Waals surface area contributed by atoms with Crippen molar-refractivity contribution < 1.29 is 23.3 Å². The first-order chi connectivity index (χ1) is 19.2. The van der Waals surface area contributed by atoms with E-state index in [1.807, 2.05) is 0 Å². The molecule has 1 aliphatic carbocycles. The molecular weight excluding hydrogens is 588 g/mol. The molecule has 0 heterocycles. The van der Waals surface area contributed by atoms with Gasteiger partial charge in [-0.25, -0.2) is 0 Å². The van der Waals surface area contributed by atoms with E-state index in [0.717, 1.165) is 0 Å². The molecule has 0 aromatic heterocycles. The molecule has 6 aromatic carbocycles. The summed E-state index contributed by atoms with van der Waals surface area (Å²) in [6.45, 7) is 7.40. The van der Waals surface area contributed by atoms with E-state index in [4.69, 9.17) is 0 Å². The summed E-state index contributed by atoms with van der Waals surface area (Å²) >= 11 is 1.36. The monoisotopic (exact) mass is 624 g/mol. The van der Waals surface area contributed by atoms with Crippen molar-refractivity contribution in [2.24, 2.45) is 0 Å². The quantitative estimate of drug-likeness (QED) is 0.104. The Balaban J connectivity index is 0.000000206. The van der Waals surface area contributed by atoms with Gasteiger partial charge in [-0.1, -0.05) is 110 Å². The van der Waals surface area contributed by atoms with Crippen LogP contribution in [0.15, 0.2) is 127 Å². The fourth-order valence-corrected chi connectivity index (χ4v) is 5.71. The molecule has 0 atom stereocenters. The third-order valence-electron chi connectivity index (χ3n) is 7.67. The number of benzene rings is 4. The van der Waals surface area contributed by atoms with Gasteiger partial charge in [-0.3, -0.25) is 0 Å². The summed E-state index contributed by atoms with van der Waals surface area (Å²) < 4.78 is 0. The standard InChI is InChI=1S/C20H17.C17H15.2CH3.Si.Zr/c1-2-9-16(10-3-1)19-12-6-11-17-13-18(14-20(17)19)15-7-4-5-8-15;1-12-10-16-13(2)8-9-15(17(16)11-12)14-6-4-3-5-7-14;;;;/h1-6,9-15H,7-8H2;3-11H,1-2H3;2*1H3;;/q4*-1;;. The van der Waals surface area contributed by atoms with E-state index < -0.39 is 0 Å². The van der Waals surface area contributed by atoms with Crippen LogP contribution in [-0.2, 0) is 23.3 Å². The zero-order valence-electron chi connectivity index (χ0n) is 24.6. The zero-order chi connectivity index (χ0) is 27.2. The topological polar surface area (TPSA) is 0 Å². The van der Waals surface area contributed by atoms with E-state index >= 15 is 0 Å². The predicted molar refractivity (Wildman–Crippen MR) is 179 cm³/mol. The van der Waals surface area contributed by atoms with E-state index in [0.29, 0.717) is 5.92 Å². The van der Waals surface area contributed by atoms with Crippen molar-refractivity contribution in [2.75, 3.05) is 0 Å². The van der Waals surface area contributed by atoms with Gasteiger partial charge >= 0.3 is 30.2 Å². The molecule has 1 aliphatic rings. The number of hydrogen-bond acceptors (Lipinski definition) is 0. The summed E-state index contributed by atoms with van der Waals surface area (Å²) in [6.07, 6.45) is 6.99. The minimum atomic E-state index is 0. The SMILES string of the molecule is C1=CCC(c2cc3c(-c4ccccc4)cccc3[cH-]2)C1.Cc1cc2c(-c3ccccc3)ccc(C)c2[cH-]1.[CH3-].[CH3-].[Si]=[Zr]. The van der Waals surface area contributed by atoms with E-state index in [9.17, 15) is 0 Å². The second-order valence-electron chi connectivity index (χ2n) is 10.3. The van der Waals surface area contributed by atoms with Gasteiger partial charge in [0.25, 0.3) is 0 Å². The van der Waals surface area contributed by atoms with Crippen LogP contribution in [0.3, 0.4) is 0 Å². The minimum absolute atomic E-state index is 0. The van der Waals surface area contributed by atoms with Crippen molar-refractivity contribution in [2.45, 2.75) is 32.6 Å². The predicted octanol–water partition coefficient (Wildman–Crippen LogP) is 11.0. The molecule has 0 saturated carbocycles. The molecule has 0 spiro atoms. The second-order valence-corrected chi connectivity index (χ2v) is 10.3. The molecule has 0 amide bonds. The van der Waals surface area contributed by atoms with Gasteiger partial charge in [0.15, 0.2) is 0 Å². The maximum atomic E-state index is 3.06. The van der Waals surface area contributed by atoms with Gasteiger partial charge in [-0.15, -0.1) is 68.6 Å². The Morgan fingerprint density at radius 2 is 1.22 bits per heavy atom. The normalized spacial score (nSPS) is 12.0. The fourth-order valence-electron chi connectivity index (χ4n) is 5.71. The van der Waals surface area contributed by atoms with Gasteiger partial charge in [-0.05, 0) is 29.9 Å². The maximum absolute atomic E-state index is 3.06. The third kappa shape index (κ3) is 7.24. The van der Waals surface area contributed by atoms with Crippen LogP contribution in [0.2, 0.25) is 0 Å². The molecule has 0 fully saturated rings. The van der Waals surface area contributed by atoms with Crippen molar-refractivity contribution >= 4 is 28.4 Å². The Morgan fingerprint density at radius 3 is 1.83 bits per heavy atom. The molecule has 2 heteroatoms. The number of hydrogen-bond donors (Lipinski definition) is 0. The first-order valence-electron chi connectivity index (χ1n) is 13.5. The first-order valence-corrected chi connectivity index (χ1v) is 17.7. The Morgan fingerprint density at radius 1 is 0.634 bits per heavy atom. The molecule has 41 heavy (non-hydrogen) atoms. The molecule has 0 unspecified atom stereocenters. The van der Waals surface area contributed by atoms with Crippen molar-refractivity contribution in [1.29, 1.82) is 0 Å². The molecule has 0 N–H and O–H groups in total. The summed E-state index contributed by atoms with van der Waals surface area (Å²) in [7, 11) is 0. The van der Waals surface area contributed by atoms with Crippen LogP contribution in [0.5, 0.6) is 0 Å². The molecule has 0 nitrogen and oxygen atoms in total. The van der Waals surface area contributed by atoms with Gasteiger partial charge < -0.3 is 14.9 Å². The van der Waals surface area contributed by atoms with Gasteiger partial charge in [-0.2, -0.15) is 12.1 Å². The molecular formula is C39H38SiZr-4. The number of fused-ring (bicyclic) bond motifs is 2. The molecule has 2 radical (unpaired) electrons. The van der Waals surface area contributed by atoms with Gasteiger partial charge in [0.1, 0.15) is 0 Å². The van der Waals surface area contributed by atoms with Crippen LogP contribution >= 0.6 is 0 Å². The van der Waals surface area contributed by atoms with Gasteiger partial charge in [0.05, 0.1) is 0 Å². The molecule has 6 aromatic rings. The average Bonchev–Trinajstić information content (AvgIpc) is 3.75. The van der Waals surface area contributed by atoms with Crippen LogP contribution in [-0.4, -0.2) is 6.88 Å². The zero-order valence-corrected chi connectivity index (χ0v) is 28.1. The third-order valence-corrected chi connectivity index (χ3v) is 7.67. The van der Waals surface area contributed by atoms with Crippen molar-refractivity contribution in [3.05, 3.63) is 159 Å². The van der Waals surface area contributed by atoms with Crippen molar-refractivity contribution in [1.82, 2.24) is 0 Å². The van der Waals surface area contributed by atoms with Crippen LogP contribution in [0.1, 0.15) is 35.4 Å². The van der Waals surface area contributed by atoms with E-state index in [1.54, 1.807) is 0 Å². The van der Waals surface area contributed by atoms with E-state index in [-0.39, 0.29) is 14.9 Å². The van der Waals surface area contributed by atoms with Crippen LogP contribution in [0, 0.1) is 28.7 Å². The molecule has 0 saturated heterocycles. The summed E-state index contributed by atoms with van der Waals surface area (Å²) in [6, 6.07) is 41.7. The molecule has 206 valence electrons. The Kier molecular flexibility index (Phi) is 12.1. The average molecular weight is 626 g/mol. The summed E-state index contributed by atoms with van der Waals surface area (Å²) in [4.78, 5) is 0. The van der Waals surface area contributed by atoms with Crippen molar-refractivity contribution in [3.63, 3.8) is 0 Å². The van der Waals surface area contributed by atoms with Crippen LogP contribution in [0.4, 0.5) is 0 Å². The number of allylic oxidation sites excluding steroid dienone is 2. The molecule has 0 aliphatic heterocycles. The van der Waals surface area contributed by atoms with Crippen LogP contribution in [0.25, 0.3) is 43.8 Å². The Hall–Kier alpha value is -3.06. The Bertz CT molecular complexity index is 1700. The van der Waals surface area contributed by atoms with Gasteiger partial charge in [0, 0.05) is 0 Å². The Labute approximate surface area is 264 Å².